The van der Waals surface area contributed by atoms with E-state index in [0.29, 0.717) is 23.6 Å². The van der Waals surface area contributed by atoms with Crippen molar-refractivity contribution in [2.75, 3.05) is 14.2 Å². The van der Waals surface area contributed by atoms with Gasteiger partial charge in [-0.1, -0.05) is 17.7 Å². The smallest absolute Gasteiger partial charge is 0.244 e. The van der Waals surface area contributed by atoms with E-state index in [0.717, 1.165) is 5.56 Å². The number of aryl methyl sites for hydroxylation is 1. The summed E-state index contributed by atoms with van der Waals surface area (Å²) in [4.78, 5) is 23.2. The summed E-state index contributed by atoms with van der Waals surface area (Å²) in [7, 11) is 2.96. The highest BCUT2D eigenvalue weighted by molar-refractivity contribution is 6.31. The van der Waals surface area contributed by atoms with Gasteiger partial charge in [0.15, 0.2) is 11.7 Å². The normalized spacial score (nSPS) is 11.3. The first-order valence-electron chi connectivity index (χ1n) is 6.49. The van der Waals surface area contributed by atoms with Crippen LogP contribution < -0.4 is 10.1 Å². The molecule has 0 bridgehead atoms. The summed E-state index contributed by atoms with van der Waals surface area (Å²) in [6.45, 7) is 0. The summed E-state index contributed by atoms with van der Waals surface area (Å²) in [5.74, 6) is -1.50. The van der Waals surface area contributed by atoms with Gasteiger partial charge in [0.2, 0.25) is 5.91 Å². The fourth-order valence-corrected chi connectivity index (χ4v) is 2.14. The second-order valence-electron chi connectivity index (χ2n) is 4.45. The number of halogens is 1. The number of rotatable bonds is 7. The van der Waals surface area contributed by atoms with E-state index in [2.05, 4.69) is 5.32 Å². The second-order valence-corrected chi connectivity index (χ2v) is 4.86. The Kier molecular flexibility index (Phi) is 6.70. The van der Waals surface area contributed by atoms with Crippen LogP contribution in [0.3, 0.4) is 0 Å². The number of benzene rings is 1. The van der Waals surface area contributed by atoms with Crippen LogP contribution in [0.1, 0.15) is 18.4 Å². The monoisotopic (exact) mass is 308 g/mol. The molecule has 0 aliphatic carbocycles. The summed E-state index contributed by atoms with van der Waals surface area (Å²) in [6, 6.07) is 7.07. The van der Waals surface area contributed by atoms with Crippen LogP contribution in [0.5, 0.6) is 5.75 Å². The first-order chi connectivity index (χ1) is 10.0. The number of nitrogens with one attached hydrogen (secondary N) is 1. The Bertz CT molecular complexity index is 567. The van der Waals surface area contributed by atoms with E-state index in [1.54, 1.807) is 25.3 Å². The van der Waals surface area contributed by atoms with Crippen LogP contribution >= 0.6 is 11.6 Å². The predicted molar refractivity (Wildman–Crippen MR) is 79.1 cm³/mol. The number of hydrogen-bond acceptors (Lipinski definition) is 4. The number of Topliss-reactive ketones (excluding diaryl/α,β-unsaturated/α-hetero) is 1. The molecule has 1 rings (SSSR count). The minimum absolute atomic E-state index is 0.161. The van der Waals surface area contributed by atoms with Crippen molar-refractivity contribution in [3.63, 3.8) is 0 Å². The van der Waals surface area contributed by atoms with Crippen molar-refractivity contribution >= 4 is 23.3 Å². The van der Waals surface area contributed by atoms with Gasteiger partial charge < -0.3 is 10.1 Å². The van der Waals surface area contributed by atoms with E-state index in [1.165, 1.54) is 7.05 Å². The maximum atomic E-state index is 11.8. The number of ether oxygens (including phenoxy) is 1. The van der Waals surface area contributed by atoms with Crippen molar-refractivity contribution in [2.24, 2.45) is 5.92 Å². The maximum absolute atomic E-state index is 11.8. The van der Waals surface area contributed by atoms with Crippen molar-refractivity contribution in [1.29, 1.82) is 5.26 Å². The van der Waals surface area contributed by atoms with Gasteiger partial charge in [0, 0.05) is 18.5 Å². The summed E-state index contributed by atoms with van der Waals surface area (Å²) in [5.41, 5.74) is 0.902. The Morgan fingerprint density at radius 2 is 2.19 bits per heavy atom. The van der Waals surface area contributed by atoms with Crippen LogP contribution in [0, 0.1) is 17.2 Å². The highest BCUT2D eigenvalue weighted by atomic mass is 35.5. The molecule has 1 N–H and O–H groups in total. The molecular weight excluding hydrogens is 292 g/mol. The zero-order chi connectivity index (χ0) is 15.8. The van der Waals surface area contributed by atoms with Gasteiger partial charge in [-0.2, -0.15) is 5.26 Å². The minimum atomic E-state index is -1.23. The molecule has 0 radical (unpaired) electrons. The van der Waals surface area contributed by atoms with Gasteiger partial charge in [-0.3, -0.25) is 9.59 Å². The number of hydrogen-bond donors (Lipinski definition) is 1. The van der Waals surface area contributed by atoms with Crippen molar-refractivity contribution in [3.05, 3.63) is 28.8 Å². The van der Waals surface area contributed by atoms with Crippen LogP contribution in [0.25, 0.3) is 0 Å². The molecule has 0 fully saturated rings. The highest BCUT2D eigenvalue weighted by Crippen LogP contribution is 2.23. The molecule has 1 atom stereocenters. The number of ketones is 1. The third-order valence-corrected chi connectivity index (χ3v) is 3.44. The molecule has 0 heterocycles. The predicted octanol–water partition coefficient (Wildman–Crippen LogP) is 2.13. The van der Waals surface area contributed by atoms with E-state index < -0.39 is 11.8 Å². The van der Waals surface area contributed by atoms with Gasteiger partial charge in [-0.05, 0) is 30.5 Å². The number of carbonyl (C=O) groups excluding carboxylic acids is 2. The zero-order valence-corrected chi connectivity index (χ0v) is 12.7. The number of carbonyl (C=O) groups is 2. The summed E-state index contributed by atoms with van der Waals surface area (Å²) >= 11 is 6.10. The van der Waals surface area contributed by atoms with Gasteiger partial charge in [-0.25, -0.2) is 0 Å². The highest BCUT2D eigenvalue weighted by Gasteiger charge is 2.24. The lowest BCUT2D eigenvalue weighted by molar-refractivity contribution is -0.131. The largest absolute Gasteiger partial charge is 0.497 e. The molecule has 0 aliphatic heterocycles. The Morgan fingerprint density at radius 3 is 2.71 bits per heavy atom. The molecule has 0 aliphatic rings. The Balaban J connectivity index is 2.55. The Morgan fingerprint density at radius 1 is 1.48 bits per heavy atom. The van der Waals surface area contributed by atoms with E-state index in [-0.39, 0.29) is 12.2 Å². The molecule has 0 spiro atoms. The van der Waals surface area contributed by atoms with Gasteiger partial charge >= 0.3 is 0 Å². The zero-order valence-electron chi connectivity index (χ0n) is 12.0. The Labute approximate surface area is 128 Å². The summed E-state index contributed by atoms with van der Waals surface area (Å²) in [5, 5.41) is 11.7. The van der Waals surface area contributed by atoms with E-state index >= 15 is 0 Å². The number of nitriles is 1. The lowest BCUT2D eigenvalue weighted by Gasteiger charge is -2.08. The topological polar surface area (TPSA) is 79.2 Å². The number of amides is 1. The van der Waals surface area contributed by atoms with Crippen LogP contribution in [-0.2, 0) is 16.0 Å². The number of nitrogens with zero attached hydrogens (tertiary/aromatic N) is 1. The molecule has 1 amide bonds. The average molecular weight is 309 g/mol. The van der Waals surface area contributed by atoms with Gasteiger partial charge in [0.1, 0.15) is 5.75 Å². The van der Waals surface area contributed by atoms with Crippen molar-refractivity contribution < 1.29 is 14.3 Å². The molecule has 0 saturated carbocycles. The van der Waals surface area contributed by atoms with Crippen LogP contribution in [0.4, 0.5) is 0 Å². The lowest BCUT2D eigenvalue weighted by Crippen LogP contribution is -2.32. The molecule has 1 aromatic rings. The SMILES string of the molecule is CNC(=O)C(C#N)C(=O)CCCc1ccc(OC)cc1Cl. The molecule has 112 valence electrons. The molecule has 1 aromatic carbocycles. The van der Waals surface area contributed by atoms with E-state index in [4.69, 9.17) is 21.6 Å². The third kappa shape index (κ3) is 4.76. The first kappa shape index (κ1) is 17.0. The Hall–Kier alpha value is -2.06. The molecule has 0 saturated heterocycles. The summed E-state index contributed by atoms with van der Waals surface area (Å²) < 4.78 is 5.06. The van der Waals surface area contributed by atoms with Crippen molar-refractivity contribution in [1.82, 2.24) is 5.32 Å². The summed E-state index contributed by atoms with van der Waals surface area (Å²) in [6.07, 6.45) is 1.29. The number of methoxy groups -OCH3 is 1. The quantitative estimate of drug-likeness (QED) is 0.783. The molecule has 6 heteroatoms. The second kappa shape index (κ2) is 8.28. The molecule has 0 aromatic heterocycles. The third-order valence-electron chi connectivity index (χ3n) is 3.09. The maximum Gasteiger partial charge on any atom is 0.244 e. The first-order valence-corrected chi connectivity index (χ1v) is 6.87. The fraction of sp³-hybridized carbons (Fsp3) is 0.400. The average Bonchev–Trinajstić information content (AvgIpc) is 2.49. The molecular formula is C15H17ClN2O3. The van der Waals surface area contributed by atoms with Gasteiger partial charge in [0.25, 0.3) is 0 Å². The van der Waals surface area contributed by atoms with Crippen LogP contribution in [-0.4, -0.2) is 25.8 Å². The van der Waals surface area contributed by atoms with E-state index in [9.17, 15) is 9.59 Å². The van der Waals surface area contributed by atoms with E-state index in [1.807, 2.05) is 6.07 Å². The van der Waals surface area contributed by atoms with Crippen molar-refractivity contribution in [2.45, 2.75) is 19.3 Å². The lowest BCUT2D eigenvalue weighted by atomic mass is 9.98. The standard InChI is InChI=1S/C15H17ClN2O3/c1-18-15(20)12(9-17)14(19)5-3-4-10-6-7-11(21-2)8-13(10)16/h6-8,12H,3-5H2,1-2H3,(H,18,20). The van der Waals surface area contributed by atoms with Crippen LogP contribution in [0.15, 0.2) is 18.2 Å². The minimum Gasteiger partial charge on any atom is -0.497 e. The fourth-order valence-electron chi connectivity index (χ4n) is 1.88. The molecule has 5 nitrogen and oxygen atoms in total. The molecule has 1 unspecified atom stereocenters. The van der Waals surface area contributed by atoms with Gasteiger partial charge in [-0.15, -0.1) is 0 Å². The van der Waals surface area contributed by atoms with Crippen molar-refractivity contribution in [3.8, 4) is 11.8 Å². The van der Waals surface area contributed by atoms with Gasteiger partial charge in [0.05, 0.1) is 13.2 Å². The van der Waals surface area contributed by atoms with Crippen LogP contribution in [0.2, 0.25) is 5.02 Å². The molecule has 21 heavy (non-hydrogen) atoms.